The third-order valence-electron chi connectivity index (χ3n) is 4.22. The Morgan fingerprint density at radius 1 is 1.19 bits per heavy atom. The van der Waals surface area contributed by atoms with Crippen LogP contribution in [0.1, 0.15) is 25.7 Å². The van der Waals surface area contributed by atoms with Gasteiger partial charge in [-0.1, -0.05) is 11.6 Å². The lowest BCUT2D eigenvalue weighted by Gasteiger charge is -2.36. The molecule has 1 aliphatic carbocycles. The number of nitrogens with zero attached hydrogens (tertiary/aromatic N) is 4. The fourth-order valence-electron chi connectivity index (χ4n) is 2.71. The topological polar surface area (TPSA) is 66.4 Å². The van der Waals surface area contributed by atoms with Gasteiger partial charge < -0.3 is 4.90 Å². The van der Waals surface area contributed by atoms with Crippen molar-refractivity contribution < 1.29 is 8.42 Å². The zero-order valence-electron chi connectivity index (χ0n) is 11.9. The van der Waals surface area contributed by atoms with Crippen molar-refractivity contribution in [1.29, 1.82) is 0 Å². The summed E-state index contributed by atoms with van der Waals surface area (Å²) in [5, 5.41) is 0.379. The molecule has 3 rings (SSSR count). The third-order valence-corrected chi connectivity index (χ3v) is 6.83. The summed E-state index contributed by atoms with van der Waals surface area (Å²) in [6.07, 6.45) is 6.39. The van der Waals surface area contributed by atoms with E-state index in [9.17, 15) is 8.42 Å². The molecule has 0 atom stereocenters. The maximum atomic E-state index is 12.3. The summed E-state index contributed by atoms with van der Waals surface area (Å²) in [5.41, 5.74) is 0. The average Bonchev–Trinajstić information content (AvgIpc) is 3.32. The lowest BCUT2D eigenvalue weighted by atomic mass is 10.1. The Morgan fingerprint density at radius 3 is 2.29 bits per heavy atom. The Bertz CT molecular complexity index is 595. The van der Waals surface area contributed by atoms with Crippen molar-refractivity contribution in [3.05, 3.63) is 17.4 Å². The molecule has 116 valence electrons. The molecule has 0 amide bonds. The van der Waals surface area contributed by atoms with Gasteiger partial charge >= 0.3 is 0 Å². The van der Waals surface area contributed by atoms with Gasteiger partial charge in [-0.15, -0.1) is 0 Å². The molecule has 8 heteroatoms. The van der Waals surface area contributed by atoms with Gasteiger partial charge in [-0.05, 0) is 25.7 Å². The van der Waals surface area contributed by atoms with Gasteiger partial charge in [0.1, 0.15) is 0 Å². The van der Waals surface area contributed by atoms with Gasteiger partial charge in [0, 0.05) is 26.2 Å². The maximum Gasteiger partial charge on any atom is 0.225 e. The molecule has 2 heterocycles. The number of rotatable bonds is 4. The van der Waals surface area contributed by atoms with E-state index in [1.54, 1.807) is 23.7 Å². The van der Waals surface area contributed by atoms with Crippen LogP contribution in [0.4, 0.5) is 5.95 Å². The van der Waals surface area contributed by atoms with Crippen LogP contribution in [0.25, 0.3) is 0 Å². The molecule has 21 heavy (non-hydrogen) atoms. The van der Waals surface area contributed by atoms with E-state index >= 15 is 0 Å². The summed E-state index contributed by atoms with van der Waals surface area (Å²) in [6.45, 7) is 1.52. The Balaban J connectivity index is 1.61. The fraction of sp³-hybridized carbons (Fsp3) is 0.692. The van der Waals surface area contributed by atoms with E-state index in [0.717, 1.165) is 38.8 Å². The first-order chi connectivity index (χ1) is 9.98. The van der Waals surface area contributed by atoms with Gasteiger partial charge in [0.2, 0.25) is 16.0 Å². The van der Waals surface area contributed by atoms with Crippen LogP contribution in [0, 0.1) is 0 Å². The summed E-state index contributed by atoms with van der Waals surface area (Å²) >= 11 is 5.78. The van der Waals surface area contributed by atoms with Crippen molar-refractivity contribution in [2.24, 2.45) is 0 Å². The first kappa shape index (κ1) is 15.0. The van der Waals surface area contributed by atoms with Crippen molar-refractivity contribution in [2.75, 3.05) is 25.0 Å². The van der Waals surface area contributed by atoms with E-state index in [0.29, 0.717) is 11.0 Å². The van der Waals surface area contributed by atoms with Crippen molar-refractivity contribution in [2.45, 2.75) is 37.0 Å². The van der Waals surface area contributed by atoms with Crippen LogP contribution >= 0.6 is 11.6 Å². The Hall–Kier alpha value is -0.920. The molecule has 1 saturated carbocycles. The molecular weight excluding hydrogens is 312 g/mol. The van der Waals surface area contributed by atoms with Gasteiger partial charge in [0.15, 0.2) is 0 Å². The highest BCUT2D eigenvalue weighted by Crippen LogP contribution is 2.33. The van der Waals surface area contributed by atoms with Gasteiger partial charge in [0.05, 0.1) is 22.7 Å². The Morgan fingerprint density at radius 2 is 1.76 bits per heavy atom. The van der Waals surface area contributed by atoms with E-state index < -0.39 is 10.0 Å². The molecule has 1 aromatic heterocycles. The second-order valence-electron chi connectivity index (χ2n) is 5.68. The monoisotopic (exact) mass is 330 g/mol. The highest BCUT2D eigenvalue weighted by atomic mass is 35.5. The second kappa shape index (κ2) is 5.70. The van der Waals surface area contributed by atoms with Crippen molar-refractivity contribution in [3.8, 4) is 0 Å². The first-order valence-corrected chi connectivity index (χ1v) is 9.06. The van der Waals surface area contributed by atoms with Gasteiger partial charge in [-0.25, -0.2) is 22.7 Å². The van der Waals surface area contributed by atoms with E-state index in [2.05, 4.69) is 14.9 Å². The van der Waals surface area contributed by atoms with E-state index in [1.165, 1.54) is 0 Å². The normalized spacial score (nSPS) is 21.0. The number of hydrogen-bond donors (Lipinski definition) is 0. The number of sulfonamides is 1. The van der Waals surface area contributed by atoms with Crippen molar-refractivity contribution in [3.63, 3.8) is 0 Å². The quantitative estimate of drug-likeness (QED) is 0.837. The first-order valence-electron chi connectivity index (χ1n) is 7.18. The largest absolute Gasteiger partial charge is 0.341 e. The highest BCUT2D eigenvalue weighted by Gasteiger charge is 2.41. The summed E-state index contributed by atoms with van der Waals surface area (Å²) in [7, 11) is -1.37. The summed E-state index contributed by atoms with van der Waals surface area (Å²) in [4.78, 5) is 10.5. The minimum Gasteiger partial charge on any atom is -0.341 e. The van der Waals surface area contributed by atoms with Gasteiger partial charge in [-0.2, -0.15) is 0 Å². The van der Waals surface area contributed by atoms with E-state index in [4.69, 9.17) is 11.6 Å². The Labute approximate surface area is 130 Å². The number of halogens is 1. The van der Waals surface area contributed by atoms with Gasteiger partial charge in [-0.3, -0.25) is 0 Å². The molecule has 6 nitrogen and oxygen atoms in total. The molecule has 1 aliphatic heterocycles. The van der Waals surface area contributed by atoms with Crippen LogP contribution in [-0.4, -0.2) is 54.1 Å². The molecule has 0 bridgehead atoms. The molecule has 0 radical (unpaired) electrons. The summed E-state index contributed by atoms with van der Waals surface area (Å²) < 4.78 is 26.1. The molecule has 2 fully saturated rings. The third kappa shape index (κ3) is 3.14. The molecule has 0 unspecified atom stereocenters. The zero-order valence-corrected chi connectivity index (χ0v) is 13.5. The molecule has 0 aromatic carbocycles. The Kier molecular flexibility index (Phi) is 4.07. The molecule has 0 N–H and O–H groups in total. The molecular formula is C13H19ClN4O2S. The predicted octanol–water partition coefficient (Wildman–Crippen LogP) is 1.52. The van der Waals surface area contributed by atoms with Crippen LogP contribution in [0.5, 0.6) is 0 Å². The number of hydrogen-bond acceptors (Lipinski definition) is 5. The van der Waals surface area contributed by atoms with Crippen LogP contribution in [0.3, 0.4) is 0 Å². The predicted molar refractivity (Wildman–Crippen MR) is 82.0 cm³/mol. The second-order valence-corrected chi connectivity index (χ2v) is 8.39. The van der Waals surface area contributed by atoms with Crippen LogP contribution in [0.2, 0.25) is 5.02 Å². The highest BCUT2D eigenvalue weighted by molar-refractivity contribution is 7.90. The zero-order chi connectivity index (χ0) is 15.0. The van der Waals surface area contributed by atoms with E-state index in [1.807, 2.05) is 0 Å². The molecule has 0 spiro atoms. The summed E-state index contributed by atoms with van der Waals surface area (Å²) in [6, 6.07) is 0.0825. The lowest BCUT2D eigenvalue weighted by Crippen LogP contribution is -2.46. The molecule has 1 aromatic rings. The average molecular weight is 331 g/mol. The minimum absolute atomic E-state index is 0.0825. The number of anilines is 1. The van der Waals surface area contributed by atoms with Crippen LogP contribution in [-0.2, 0) is 10.0 Å². The van der Waals surface area contributed by atoms with Crippen LogP contribution in [0.15, 0.2) is 12.4 Å². The SMILES string of the molecule is CN(C1CCN(c2ncc(Cl)cn2)CC1)S(=O)(=O)C1CC1. The lowest BCUT2D eigenvalue weighted by molar-refractivity contribution is 0.310. The van der Waals surface area contributed by atoms with Crippen molar-refractivity contribution in [1.82, 2.24) is 14.3 Å². The standard InChI is InChI=1S/C13H19ClN4O2S/c1-17(21(19,20)12-2-3-12)11-4-6-18(7-5-11)13-15-8-10(14)9-16-13/h8-9,11-12H,2-7H2,1H3. The maximum absolute atomic E-state index is 12.3. The molecule has 1 saturated heterocycles. The van der Waals surface area contributed by atoms with E-state index in [-0.39, 0.29) is 11.3 Å². The fourth-order valence-corrected chi connectivity index (χ4v) is 4.63. The number of piperidine rings is 1. The summed E-state index contributed by atoms with van der Waals surface area (Å²) in [5.74, 6) is 0.658. The van der Waals surface area contributed by atoms with Crippen LogP contribution < -0.4 is 4.90 Å². The van der Waals surface area contributed by atoms with Gasteiger partial charge in [0.25, 0.3) is 0 Å². The minimum atomic E-state index is -3.09. The smallest absolute Gasteiger partial charge is 0.225 e. The number of aromatic nitrogens is 2. The van der Waals surface area contributed by atoms with Crippen molar-refractivity contribution >= 4 is 27.6 Å². The molecule has 2 aliphatic rings.